The van der Waals surface area contributed by atoms with Gasteiger partial charge in [-0.1, -0.05) is 69.3 Å². The molecule has 32 nitrogen and oxygen atoms in total. The van der Waals surface area contributed by atoms with E-state index in [4.69, 9.17) is 5.73 Å². The van der Waals surface area contributed by atoms with Crippen molar-refractivity contribution in [3.63, 3.8) is 0 Å². The molecule has 5 aromatic rings. The number of amides is 13. The second-order valence-corrected chi connectivity index (χ2v) is 31.3. The standard InChI is InChI=1S/C74H99N15O17S2/c1-38-61(96)80-50(30-42-19-23-47(93)24-20-42)63(98)87-74(10,11)71(106)85-57(40(3)91)67(102)83-53(59(75)95)36-107-34-44-15-12-16-45(29-44)35-108-37-54(79-41(4)92)62(97)86-58(72(5,6)7)68(103)82-52(31-43-21-25-48(94)26-22-43)69(104)89-28-14-18-55(89)65(100)84-56(39(2)90)66(101)81-51(64(99)88-73(8,9)70(105)78-38)32-46-33-77-60-49(46)17-13-27-76-60/h12-13,15-17,19-27,29,33,38-40,50-58,90-91,93-94H,14,18,28,30-32,34-37H2,1-11H3,(H2,75,95)(H,76,77)(H,78,105)(H,79,92)(H,80,96)(H,81,101)(H,82,103)(H,83,102)(H,84,100)(H,85,106)(H,86,97)(H,87,98)(H,88,99)/t38-,39+,40+,50-,51-,52-,53-,54-,55-,56-,57-,58+/m0/s1. The summed E-state index contributed by atoms with van der Waals surface area (Å²) in [5.41, 5.74) is 4.25. The molecule has 0 unspecified atom stereocenters. The molecule has 2 aliphatic heterocycles. The Balaban J connectivity index is 1.21. The third-order valence-electron chi connectivity index (χ3n) is 18.2. The highest BCUT2D eigenvalue weighted by Crippen LogP contribution is 2.26. The molecule has 7 rings (SSSR count). The Morgan fingerprint density at radius 2 is 1.14 bits per heavy atom. The lowest BCUT2D eigenvalue weighted by Gasteiger charge is -2.34. The zero-order chi connectivity index (χ0) is 79.7. The van der Waals surface area contributed by atoms with Crippen LogP contribution < -0.4 is 64.2 Å². The van der Waals surface area contributed by atoms with Crippen molar-refractivity contribution in [2.24, 2.45) is 11.1 Å². The number of hydrogen-bond acceptors (Lipinski definition) is 20. The van der Waals surface area contributed by atoms with E-state index in [2.05, 4.69) is 68.5 Å². The van der Waals surface area contributed by atoms with Gasteiger partial charge in [-0.15, -0.1) is 0 Å². The molecular weight excluding hydrogens is 1440 g/mol. The first-order valence-electron chi connectivity index (χ1n) is 35.2. The fraction of sp³-hybridized carbons (Fsp3) is 0.486. The predicted molar refractivity (Wildman–Crippen MR) is 402 cm³/mol. The van der Waals surface area contributed by atoms with Crippen LogP contribution in [0.4, 0.5) is 0 Å². The normalized spacial score (nSPS) is 24.9. The van der Waals surface area contributed by atoms with Gasteiger partial charge in [-0.05, 0) is 131 Å². The Bertz CT molecular complexity index is 4110. The van der Waals surface area contributed by atoms with Crippen LogP contribution in [0.2, 0.25) is 0 Å². The van der Waals surface area contributed by atoms with Gasteiger partial charge in [0.15, 0.2) is 0 Å². The summed E-state index contributed by atoms with van der Waals surface area (Å²) in [6.45, 7) is 15.1. The summed E-state index contributed by atoms with van der Waals surface area (Å²) in [7, 11) is 0. The van der Waals surface area contributed by atoms with Crippen molar-refractivity contribution >= 4 is 111 Å². The molecule has 34 heteroatoms. The van der Waals surface area contributed by atoms with Crippen LogP contribution in [0.15, 0.2) is 97.3 Å². The van der Waals surface area contributed by atoms with Crippen LogP contribution in [-0.4, -0.2) is 214 Å². The van der Waals surface area contributed by atoms with Crippen LogP contribution in [0.25, 0.3) is 11.0 Å². The maximum atomic E-state index is 15.1. The van der Waals surface area contributed by atoms with E-state index in [9.17, 15) is 78.0 Å². The molecule has 1 saturated heterocycles. The number of aliphatic hydroxyl groups is 2. The lowest BCUT2D eigenvalue weighted by molar-refractivity contribution is -0.143. The molecule has 0 aliphatic carbocycles. The highest BCUT2D eigenvalue weighted by atomic mass is 32.2. The van der Waals surface area contributed by atoms with Crippen molar-refractivity contribution < 1.29 is 82.8 Å². The number of phenols is 2. The van der Waals surface area contributed by atoms with Crippen molar-refractivity contribution in [1.29, 1.82) is 0 Å². The minimum Gasteiger partial charge on any atom is -0.508 e. The molecule has 3 aromatic carbocycles. The quantitative estimate of drug-likeness (QED) is 0.0850. The number of benzene rings is 3. The van der Waals surface area contributed by atoms with Gasteiger partial charge in [-0.3, -0.25) is 62.3 Å². The number of phenolic OH excluding ortho intramolecular Hbond substituents is 2. The zero-order valence-electron chi connectivity index (χ0n) is 62.1. The molecule has 2 bridgehead atoms. The number of nitrogens with two attached hydrogens (primary N) is 1. The number of hydrogen-bond donors (Lipinski definition) is 17. The molecule has 0 spiro atoms. The van der Waals surface area contributed by atoms with E-state index < -0.39 is 166 Å². The summed E-state index contributed by atoms with van der Waals surface area (Å²) in [5.74, 6) is -11.2. The monoisotopic (exact) mass is 1530 g/mol. The molecule has 13 amide bonds. The zero-order valence-corrected chi connectivity index (χ0v) is 63.8. The van der Waals surface area contributed by atoms with Gasteiger partial charge in [-0.25, -0.2) is 4.98 Å². The summed E-state index contributed by atoms with van der Waals surface area (Å²) in [4.78, 5) is 194. The second-order valence-electron chi connectivity index (χ2n) is 29.2. The van der Waals surface area contributed by atoms with Crippen molar-refractivity contribution in [3.05, 3.63) is 125 Å². The van der Waals surface area contributed by atoms with Gasteiger partial charge >= 0.3 is 0 Å². The van der Waals surface area contributed by atoms with Crippen LogP contribution in [-0.2, 0) is 93.1 Å². The number of aromatic hydroxyl groups is 2. The topological polar surface area (TPSA) is 493 Å². The SMILES string of the molecule is CC(=O)N[C@H]1CSCc2cccc(c2)CSC[C@@H](C(N)=O)NC(=O)[C@H]([C@@H](C)O)NC(=O)C(C)(C)NC(=O)[C@H](Cc2ccc(O)cc2)NC(=O)[C@H](C)NC(=O)C(C)(C)NC(=O)[C@H](Cc2c[nH]c3ncccc23)NC(=O)[C@H]([C@@H](C)O)NC(=O)[C@@H]2CCCN2C(=O)[C@H](Cc2ccc(O)cc2)NC(=O)[C@H](C(C)(C)C)NC1=O. The molecule has 0 radical (unpaired) electrons. The minimum absolute atomic E-state index is 0.0129. The molecule has 2 aromatic heterocycles. The fourth-order valence-electron chi connectivity index (χ4n) is 12.0. The lowest BCUT2D eigenvalue weighted by Crippen LogP contribution is -2.65. The number of nitrogens with one attached hydrogen (secondary N) is 12. The number of carbonyl (C=O) groups is 13. The molecule has 12 atom stereocenters. The van der Waals surface area contributed by atoms with Gasteiger partial charge in [0.05, 0.1) is 12.2 Å². The van der Waals surface area contributed by atoms with Crippen molar-refractivity contribution in [3.8, 4) is 11.5 Å². The van der Waals surface area contributed by atoms with Crippen LogP contribution in [0.5, 0.6) is 11.5 Å². The lowest BCUT2D eigenvalue weighted by atomic mass is 9.85. The van der Waals surface area contributed by atoms with E-state index in [1.807, 2.05) is 18.2 Å². The van der Waals surface area contributed by atoms with E-state index in [0.717, 1.165) is 11.1 Å². The summed E-state index contributed by atoms with van der Waals surface area (Å²) in [5, 5.41) is 71.8. The summed E-state index contributed by atoms with van der Waals surface area (Å²) in [6.07, 6.45) is -0.561. The number of pyridine rings is 1. The van der Waals surface area contributed by atoms with Crippen molar-refractivity contribution in [2.75, 3.05) is 18.1 Å². The van der Waals surface area contributed by atoms with Crippen LogP contribution in [0.1, 0.15) is 117 Å². The van der Waals surface area contributed by atoms with Gasteiger partial charge in [0.2, 0.25) is 76.8 Å². The van der Waals surface area contributed by atoms with E-state index >= 15 is 4.79 Å². The van der Waals surface area contributed by atoms with Crippen molar-refractivity contribution in [1.82, 2.24) is 73.4 Å². The average Bonchev–Trinajstić information content (AvgIpc) is 1.78. The predicted octanol–water partition coefficient (Wildman–Crippen LogP) is -0.341. The first-order chi connectivity index (χ1) is 50.7. The van der Waals surface area contributed by atoms with Crippen LogP contribution >= 0.6 is 23.5 Å². The van der Waals surface area contributed by atoms with Gasteiger partial charge in [0.1, 0.15) is 88.6 Å². The molecule has 108 heavy (non-hydrogen) atoms. The Labute approximate surface area is 633 Å². The van der Waals surface area contributed by atoms with Crippen LogP contribution in [0, 0.1) is 5.41 Å². The Morgan fingerprint density at radius 3 is 1.69 bits per heavy atom. The third-order valence-corrected chi connectivity index (χ3v) is 20.4. The second kappa shape index (κ2) is 37.5. The molecule has 2 aliphatic rings. The van der Waals surface area contributed by atoms with Crippen molar-refractivity contribution in [2.45, 2.75) is 203 Å². The number of H-pyrrole nitrogens is 1. The molecule has 0 saturated carbocycles. The summed E-state index contributed by atoms with van der Waals surface area (Å²) < 4.78 is 0. The van der Waals surface area contributed by atoms with Gasteiger partial charge in [-0.2, -0.15) is 23.5 Å². The highest BCUT2D eigenvalue weighted by Gasteiger charge is 2.44. The number of aliphatic hydroxyl groups excluding tert-OH is 2. The number of thioether (sulfide) groups is 2. The smallest absolute Gasteiger partial charge is 0.246 e. The number of carbonyl (C=O) groups excluding carboxylic acids is 13. The molecule has 1 fully saturated rings. The van der Waals surface area contributed by atoms with E-state index in [1.54, 1.807) is 45.2 Å². The number of fused-ring (bicyclic) bond motifs is 4. The van der Waals surface area contributed by atoms with E-state index in [0.29, 0.717) is 39.2 Å². The molecular formula is C74H99N15O17S2. The number of aromatic amines is 1. The largest absolute Gasteiger partial charge is 0.508 e. The number of nitrogens with zero attached hydrogens (tertiary/aromatic N) is 2. The highest BCUT2D eigenvalue weighted by molar-refractivity contribution is 7.98. The Hall–Kier alpha value is -10.3. The molecule has 584 valence electrons. The average molecular weight is 1530 g/mol. The summed E-state index contributed by atoms with van der Waals surface area (Å²) >= 11 is 2.51. The van der Waals surface area contributed by atoms with E-state index in [-0.39, 0.29) is 61.7 Å². The third kappa shape index (κ3) is 23.8. The van der Waals surface area contributed by atoms with Gasteiger partial charge in [0.25, 0.3) is 0 Å². The molecule has 18 N–H and O–H groups in total. The number of primary amides is 1. The Morgan fingerprint density at radius 1 is 0.620 bits per heavy atom. The van der Waals surface area contributed by atoms with E-state index in [1.165, 1.54) is 139 Å². The van der Waals surface area contributed by atoms with Gasteiger partial charge in [0, 0.05) is 73.5 Å². The first kappa shape index (κ1) is 84.9. The maximum Gasteiger partial charge on any atom is 0.246 e. The minimum atomic E-state index is -1.91. The first-order valence-corrected chi connectivity index (χ1v) is 37.5. The molecule has 4 heterocycles. The Kier molecular flexibility index (Phi) is 29.5. The van der Waals surface area contributed by atoms with Crippen LogP contribution in [0.3, 0.4) is 0 Å². The fourth-order valence-corrected chi connectivity index (χ4v) is 14.0. The summed E-state index contributed by atoms with van der Waals surface area (Å²) in [6, 6.07) is 7.43. The van der Waals surface area contributed by atoms with Gasteiger partial charge < -0.3 is 94.5 Å². The number of rotatable bonds is 10. The maximum absolute atomic E-state index is 15.1. The number of aromatic nitrogens is 2.